The Bertz CT molecular complexity index is 951. The van der Waals surface area contributed by atoms with Crippen LogP contribution < -0.4 is 5.32 Å². The summed E-state index contributed by atoms with van der Waals surface area (Å²) in [6.07, 6.45) is -0.961. The quantitative estimate of drug-likeness (QED) is 0.644. The van der Waals surface area contributed by atoms with Crippen LogP contribution in [0.15, 0.2) is 61.2 Å². The van der Waals surface area contributed by atoms with E-state index in [1.807, 2.05) is 13.8 Å². The second-order valence-corrected chi connectivity index (χ2v) is 7.17. The van der Waals surface area contributed by atoms with Gasteiger partial charge in [-0.1, -0.05) is 26.0 Å². The summed E-state index contributed by atoms with van der Waals surface area (Å²) in [6.45, 7) is 3.92. The second kappa shape index (κ2) is 8.46. The van der Waals surface area contributed by atoms with E-state index < -0.39 is 17.8 Å². The molecule has 0 saturated heterocycles. The van der Waals surface area contributed by atoms with E-state index in [2.05, 4.69) is 15.4 Å². The fourth-order valence-corrected chi connectivity index (χ4v) is 3.03. The molecule has 0 radical (unpaired) electrons. The van der Waals surface area contributed by atoms with Crippen LogP contribution in [0.1, 0.15) is 47.8 Å². The highest BCUT2D eigenvalue weighted by Crippen LogP contribution is 2.32. The van der Waals surface area contributed by atoms with Crippen molar-refractivity contribution in [2.45, 2.75) is 32.5 Å². The molecule has 5 nitrogen and oxygen atoms in total. The molecule has 2 aromatic carbocycles. The monoisotopic (exact) mass is 402 g/mol. The van der Waals surface area contributed by atoms with Gasteiger partial charge in [0.05, 0.1) is 17.3 Å². The summed E-state index contributed by atoms with van der Waals surface area (Å²) < 4.78 is 40.8. The van der Waals surface area contributed by atoms with Crippen molar-refractivity contribution in [3.05, 3.63) is 77.9 Å². The Morgan fingerprint density at radius 2 is 1.86 bits per heavy atom. The lowest BCUT2D eigenvalue weighted by atomic mass is 9.95. The fraction of sp³-hybridized carbons (Fsp3) is 0.286. The summed E-state index contributed by atoms with van der Waals surface area (Å²) in [4.78, 5) is 16.6. The zero-order valence-electron chi connectivity index (χ0n) is 16.0. The average molecular weight is 402 g/mol. The molecule has 0 aliphatic rings. The van der Waals surface area contributed by atoms with E-state index in [9.17, 15) is 18.0 Å². The number of benzene rings is 2. The predicted octanol–water partition coefficient (Wildman–Crippen LogP) is 4.80. The molecule has 0 bridgehead atoms. The van der Waals surface area contributed by atoms with Gasteiger partial charge in [-0.05, 0) is 54.3 Å². The normalized spacial score (nSPS) is 12.8. The Kier molecular flexibility index (Phi) is 6.00. The number of carbonyl (C=O) groups is 1. The number of alkyl halides is 3. The molecule has 0 spiro atoms. The molecular weight excluding hydrogens is 381 g/mol. The van der Waals surface area contributed by atoms with Gasteiger partial charge in [-0.25, -0.2) is 9.67 Å². The van der Waals surface area contributed by atoms with Crippen molar-refractivity contribution in [1.82, 2.24) is 20.1 Å². The number of nitrogens with one attached hydrogen (secondary N) is 1. The van der Waals surface area contributed by atoms with Crippen LogP contribution in [0, 0.1) is 5.92 Å². The SMILES string of the molecule is CC(C)CC(NC(=O)c1ccc(-n2cncn2)cc1)c1cccc(C(F)(F)F)c1. The highest BCUT2D eigenvalue weighted by Gasteiger charge is 2.31. The summed E-state index contributed by atoms with van der Waals surface area (Å²) in [5.41, 5.74) is 0.863. The zero-order valence-corrected chi connectivity index (χ0v) is 16.0. The van der Waals surface area contributed by atoms with Crippen LogP contribution in [0.3, 0.4) is 0 Å². The Morgan fingerprint density at radius 3 is 2.45 bits per heavy atom. The predicted molar refractivity (Wildman–Crippen MR) is 102 cm³/mol. The number of halogens is 3. The maximum Gasteiger partial charge on any atom is 0.416 e. The Labute approximate surface area is 166 Å². The Hall–Kier alpha value is -3.16. The van der Waals surface area contributed by atoms with Gasteiger partial charge in [-0.3, -0.25) is 4.79 Å². The molecule has 152 valence electrons. The number of amides is 1. The first-order valence-corrected chi connectivity index (χ1v) is 9.17. The standard InChI is InChI=1S/C21H21F3N4O/c1-14(2)10-19(16-4-3-5-17(11-16)21(22,23)24)27-20(29)15-6-8-18(9-7-15)28-13-25-12-26-28/h3-9,11-14,19H,10H2,1-2H3,(H,27,29). The molecule has 0 saturated carbocycles. The van der Waals surface area contributed by atoms with Crippen LogP contribution in [0.2, 0.25) is 0 Å². The summed E-state index contributed by atoms with van der Waals surface area (Å²) in [7, 11) is 0. The molecule has 1 atom stereocenters. The van der Waals surface area contributed by atoms with Crippen LogP contribution in [-0.2, 0) is 6.18 Å². The number of aromatic nitrogens is 3. The second-order valence-electron chi connectivity index (χ2n) is 7.17. The van der Waals surface area contributed by atoms with Gasteiger partial charge in [0.2, 0.25) is 0 Å². The third kappa shape index (κ3) is 5.22. The van der Waals surface area contributed by atoms with Gasteiger partial charge in [-0.15, -0.1) is 0 Å². The van der Waals surface area contributed by atoms with Crippen molar-refractivity contribution in [3.8, 4) is 5.69 Å². The molecule has 1 aromatic heterocycles. The van der Waals surface area contributed by atoms with Gasteiger partial charge in [0, 0.05) is 5.56 Å². The molecule has 3 aromatic rings. The minimum absolute atomic E-state index is 0.185. The van der Waals surface area contributed by atoms with Crippen LogP contribution in [0.4, 0.5) is 13.2 Å². The number of hydrogen-bond donors (Lipinski definition) is 1. The van der Waals surface area contributed by atoms with E-state index in [4.69, 9.17) is 0 Å². The summed E-state index contributed by atoms with van der Waals surface area (Å²) >= 11 is 0. The van der Waals surface area contributed by atoms with E-state index in [0.717, 1.165) is 17.8 Å². The number of carbonyl (C=O) groups excluding carboxylic acids is 1. The van der Waals surface area contributed by atoms with E-state index in [1.165, 1.54) is 12.4 Å². The maximum atomic E-state index is 13.1. The fourth-order valence-electron chi connectivity index (χ4n) is 3.03. The summed E-state index contributed by atoms with van der Waals surface area (Å²) in [6, 6.07) is 11.3. The largest absolute Gasteiger partial charge is 0.416 e. The first kappa shape index (κ1) is 20.6. The molecule has 1 unspecified atom stereocenters. The van der Waals surface area contributed by atoms with Crippen molar-refractivity contribution < 1.29 is 18.0 Å². The topological polar surface area (TPSA) is 59.8 Å². The van der Waals surface area contributed by atoms with E-state index >= 15 is 0 Å². The minimum atomic E-state index is -4.43. The molecule has 0 fully saturated rings. The van der Waals surface area contributed by atoms with Crippen LogP contribution in [0.5, 0.6) is 0 Å². The number of nitrogens with zero attached hydrogens (tertiary/aromatic N) is 3. The zero-order chi connectivity index (χ0) is 21.0. The summed E-state index contributed by atoms with van der Waals surface area (Å²) in [5.74, 6) is -0.164. The van der Waals surface area contributed by atoms with Crippen molar-refractivity contribution in [2.75, 3.05) is 0 Å². The van der Waals surface area contributed by atoms with E-state index in [0.29, 0.717) is 17.5 Å². The molecule has 8 heteroatoms. The summed E-state index contributed by atoms with van der Waals surface area (Å²) in [5, 5.41) is 6.90. The molecule has 1 heterocycles. The van der Waals surface area contributed by atoms with Crippen molar-refractivity contribution in [2.24, 2.45) is 5.92 Å². The van der Waals surface area contributed by atoms with Gasteiger partial charge < -0.3 is 5.32 Å². The van der Waals surface area contributed by atoms with Gasteiger partial charge in [0.25, 0.3) is 5.91 Å². The maximum absolute atomic E-state index is 13.1. The number of rotatable bonds is 6. The molecule has 29 heavy (non-hydrogen) atoms. The average Bonchev–Trinajstić information content (AvgIpc) is 3.21. The third-order valence-corrected chi connectivity index (χ3v) is 4.44. The first-order chi connectivity index (χ1) is 13.7. The molecular formula is C21H21F3N4O. The Balaban J connectivity index is 1.80. The van der Waals surface area contributed by atoms with Gasteiger partial charge in [0.1, 0.15) is 12.7 Å². The van der Waals surface area contributed by atoms with Crippen molar-refractivity contribution >= 4 is 5.91 Å². The molecule has 1 amide bonds. The van der Waals surface area contributed by atoms with Crippen LogP contribution >= 0.6 is 0 Å². The lowest BCUT2D eigenvalue weighted by Gasteiger charge is -2.22. The Morgan fingerprint density at radius 1 is 1.14 bits per heavy atom. The van der Waals surface area contributed by atoms with Crippen molar-refractivity contribution in [1.29, 1.82) is 0 Å². The molecule has 1 N–H and O–H groups in total. The van der Waals surface area contributed by atoms with Crippen LogP contribution in [0.25, 0.3) is 5.69 Å². The first-order valence-electron chi connectivity index (χ1n) is 9.17. The third-order valence-electron chi connectivity index (χ3n) is 4.44. The highest BCUT2D eigenvalue weighted by atomic mass is 19.4. The van der Waals surface area contributed by atoms with E-state index in [1.54, 1.807) is 41.3 Å². The lowest BCUT2D eigenvalue weighted by Crippen LogP contribution is -2.29. The smallest absolute Gasteiger partial charge is 0.345 e. The molecule has 0 aliphatic heterocycles. The lowest BCUT2D eigenvalue weighted by molar-refractivity contribution is -0.137. The minimum Gasteiger partial charge on any atom is -0.345 e. The van der Waals surface area contributed by atoms with Gasteiger partial charge in [-0.2, -0.15) is 18.3 Å². The highest BCUT2D eigenvalue weighted by molar-refractivity contribution is 5.94. The van der Waals surface area contributed by atoms with E-state index in [-0.39, 0.29) is 11.8 Å². The number of hydrogen-bond acceptors (Lipinski definition) is 3. The van der Waals surface area contributed by atoms with Crippen molar-refractivity contribution in [3.63, 3.8) is 0 Å². The van der Waals surface area contributed by atoms with Crippen LogP contribution in [-0.4, -0.2) is 20.7 Å². The molecule has 0 aliphatic carbocycles. The molecule has 3 rings (SSSR count). The van der Waals surface area contributed by atoms with Gasteiger partial charge in [0.15, 0.2) is 0 Å². The van der Waals surface area contributed by atoms with Gasteiger partial charge >= 0.3 is 6.18 Å².